The van der Waals surface area contributed by atoms with Gasteiger partial charge in [0.25, 0.3) is 5.91 Å². The van der Waals surface area contributed by atoms with E-state index in [9.17, 15) is 14.4 Å². The second-order valence-corrected chi connectivity index (χ2v) is 8.84. The Bertz CT molecular complexity index is 1040. The van der Waals surface area contributed by atoms with Crippen molar-refractivity contribution in [1.82, 2.24) is 14.8 Å². The summed E-state index contributed by atoms with van der Waals surface area (Å²) in [6.45, 7) is 6.63. The van der Waals surface area contributed by atoms with Crippen molar-refractivity contribution >= 4 is 29.3 Å². The number of urea groups is 1. The van der Waals surface area contributed by atoms with Gasteiger partial charge in [-0.1, -0.05) is 23.7 Å². The van der Waals surface area contributed by atoms with Crippen LogP contribution in [-0.2, 0) is 21.6 Å². The number of aryl methyl sites for hydroxylation is 1. The average Bonchev–Trinajstić information content (AvgIpc) is 3.40. The summed E-state index contributed by atoms with van der Waals surface area (Å²) in [5.74, 6) is -0.725. The molecule has 4 rings (SSSR count). The molecule has 0 saturated carbocycles. The number of amides is 3. The van der Waals surface area contributed by atoms with Gasteiger partial charge in [-0.3, -0.25) is 14.5 Å². The van der Waals surface area contributed by atoms with E-state index in [-0.39, 0.29) is 18.4 Å². The topological polar surface area (TPSA) is 80.6 Å². The molecular formula is C23H26ClN3O4. The van der Waals surface area contributed by atoms with Crippen LogP contribution < -0.4 is 5.32 Å². The van der Waals surface area contributed by atoms with Gasteiger partial charge in [-0.05, 0) is 57.4 Å². The summed E-state index contributed by atoms with van der Waals surface area (Å²) >= 11 is 5.94. The van der Waals surface area contributed by atoms with Crippen molar-refractivity contribution in [3.05, 3.63) is 57.9 Å². The van der Waals surface area contributed by atoms with Gasteiger partial charge in [0, 0.05) is 35.1 Å². The molecular weight excluding hydrogens is 418 g/mol. The molecule has 2 aromatic rings. The fraction of sp³-hybridized carbons (Fsp3) is 0.435. The number of aromatic nitrogens is 1. The number of rotatable bonds is 6. The summed E-state index contributed by atoms with van der Waals surface area (Å²) in [4.78, 5) is 39.8. The van der Waals surface area contributed by atoms with Gasteiger partial charge in [0.2, 0.25) is 0 Å². The van der Waals surface area contributed by atoms with Crippen molar-refractivity contribution in [3.8, 4) is 0 Å². The van der Waals surface area contributed by atoms with E-state index >= 15 is 0 Å². The lowest BCUT2D eigenvalue weighted by Gasteiger charge is -2.22. The maximum atomic E-state index is 13.1. The van der Waals surface area contributed by atoms with Gasteiger partial charge in [-0.2, -0.15) is 0 Å². The first-order valence-corrected chi connectivity index (χ1v) is 10.8. The molecule has 0 radical (unpaired) electrons. The van der Waals surface area contributed by atoms with Crippen molar-refractivity contribution in [2.24, 2.45) is 0 Å². The van der Waals surface area contributed by atoms with Gasteiger partial charge in [0.05, 0.1) is 12.6 Å². The van der Waals surface area contributed by atoms with Crippen molar-refractivity contribution < 1.29 is 19.1 Å². The van der Waals surface area contributed by atoms with Crippen LogP contribution in [0, 0.1) is 13.8 Å². The van der Waals surface area contributed by atoms with Crippen LogP contribution in [0.5, 0.6) is 0 Å². The van der Waals surface area contributed by atoms with E-state index in [1.165, 1.54) is 0 Å². The molecule has 2 atom stereocenters. The lowest BCUT2D eigenvalue weighted by molar-refractivity contribution is -0.130. The van der Waals surface area contributed by atoms with E-state index in [4.69, 9.17) is 16.3 Å². The highest BCUT2D eigenvalue weighted by Gasteiger charge is 2.49. The highest BCUT2D eigenvalue weighted by atomic mass is 35.5. The van der Waals surface area contributed by atoms with Crippen LogP contribution in [0.2, 0.25) is 5.02 Å². The van der Waals surface area contributed by atoms with Gasteiger partial charge in [-0.15, -0.1) is 0 Å². The lowest BCUT2D eigenvalue weighted by Crippen LogP contribution is -2.41. The molecule has 0 bridgehead atoms. The molecule has 2 saturated heterocycles. The Morgan fingerprint density at radius 2 is 1.97 bits per heavy atom. The van der Waals surface area contributed by atoms with Crippen molar-refractivity contribution in [2.75, 3.05) is 13.2 Å². The Labute approximate surface area is 186 Å². The molecule has 2 unspecified atom stereocenters. The van der Waals surface area contributed by atoms with Gasteiger partial charge >= 0.3 is 6.03 Å². The van der Waals surface area contributed by atoms with Gasteiger partial charge in [0.15, 0.2) is 5.78 Å². The highest BCUT2D eigenvalue weighted by Crippen LogP contribution is 2.30. The van der Waals surface area contributed by atoms with E-state index in [1.807, 2.05) is 19.9 Å². The third-order valence-electron chi connectivity index (χ3n) is 6.28. The van der Waals surface area contributed by atoms with Crippen molar-refractivity contribution in [1.29, 1.82) is 0 Å². The number of ketones is 1. The molecule has 31 heavy (non-hydrogen) atoms. The number of ether oxygens (including phenoxy) is 1. The van der Waals surface area contributed by atoms with E-state index in [0.717, 1.165) is 35.7 Å². The number of carbonyl (C=O) groups is 3. The fourth-order valence-corrected chi connectivity index (χ4v) is 4.53. The molecule has 164 valence electrons. The minimum Gasteiger partial charge on any atom is -0.376 e. The van der Waals surface area contributed by atoms with Crippen molar-refractivity contribution in [3.63, 3.8) is 0 Å². The smallest absolute Gasteiger partial charge is 0.325 e. The number of hydrogen-bond acceptors (Lipinski definition) is 4. The molecule has 2 fully saturated rings. The summed E-state index contributed by atoms with van der Waals surface area (Å²) in [6, 6.07) is 7.97. The number of imide groups is 1. The van der Waals surface area contributed by atoms with Gasteiger partial charge in [0.1, 0.15) is 5.54 Å². The maximum absolute atomic E-state index is 13.1. The number of nitrogens with one attached hydrogen (secondary N) is 1. The lowest BCUT2D eigenvalue weighted by atomic mass is 9.92. The predicted octanol–water partition coefficient (Wildman–Crippen LogP) is 3.59. The minimum absolute atomic E-state index is 0.152. The quantitative estimate of drug-likeness (QED) is 0.546. The SMILES string of the molecule is Cc1cc(C(=O)CN2C(=O)NC(C)(c3ccc(Cl)cc3)C2=O)c(C)n1CC1CCCO1. The molecule has 8 heteroatoms. The molecule has 2 aliphatic heterocycles. The van der Waals surface area contributed by atoms with E-state index in [1.54, 1.807) is 31.2 Å². The fourth-order valence-electron chi connectivity index (χ4n) is 4.40. The zero-order valence-electron chi connectivity index (χ0n) is 17.9. The Balaban J connectivity index is 1.53. The van der Waals surface area contributed by atoms with Gasteiger partial charge < -0.3 is 14.6 Å². The van der Waals surface area contributed by atoms with Crippen LogP contribution >= 0.6 is 11.6 Å². The first kappa shape index (κ1) is 21.6. The van der Waals surface area contributed by atoms with E-state index in [0.29, 0.717) is 22.7 Å². The Morgan fingerprint density at radius 3 is 2.61 bits per heavy atom. The van der Waals surface area contributed by atoms with E-state index in [2.05, 4.69) is 9.88 Å². The molecule has 1 N–H and O–H groups in total. The van der Waals surface area contributed by atoms with Crippen molar-refractivity contribution in [2.45, 2.75) is 51.8 Å². The van der Waals surface area contributed by atoms with Crippen LogP contribution in [0.1, 0.15) is 47.1 Å². The molecule has 7 nitrogen and oxygen atoms in total. The van der Waals surface area contributed by atoms with Crippen LogP contribution in [-0.4, -0.2) is 46.4 Å². The normalized spacial score (nSPS) is 23.5. The summed E-state index contributed by atoms with van der Waals surface area (Å²) in [5.41, 5.74) is 1.68. The molecule has 1 aromatic carbocycles. The van der Waals surface area contributed by atoms with Crippen LogP contribution in [0.15, 0.2) is 30.3 Å². The monoisotopic (exact) mass is 443 g/mol. The number of Topliss-reactive ketones (excluding diaryl/α,β-unsaturated/α-hetero) is 1. The maximum Gasteiger partial charge on any atom is 0.325 e. The zero-order valence-corrected chi connectivity index (χ0v) is 18.7. The Hall–Kier alpha value is -2.64. The number of hydrogen-bond donors (Lipinski definition) is 1. The first-order chi connectivity index (χ1) is 14.7. The third-order valence-corrected chi connectivity index (χ3v) is 6.53. The number of carbonyl (C=O) groups excluding carboxylic acids is 3. The Kier molecular flexibility index (Phi) is 5.66. The molecule has 0 spiro atoms. The molecule has 1 aromatic heterocycles. The highest BCUT2D eigenvalue weighted by molar-refractivity contribution is 6.30. The average molecular weight is 444 g/mol. The number of halogens is 1. The Morgan fingerprint density at radius 1 is 1.26 bits per heavy atom. The predicted molar refractivity (Wildman–Crippen MR) is 116 cm³/mol. The summed E-state index contributed by atoms with van der Waals surface area (Å²) < 4.78 is 7.80. The molecule has 3 amide bonds. The summed E-state index contributed by atoms with van der Waals surface area (Å²) in [6.07, 6.45) is 2.21. The number of benzene rings is 1. The van der Waals surface area contributed by atoms with E-state index < -0.39 is 17.5 Å². The summed E-state index contributed by atoms with van der Waals surface area (Å²) in [5, 5.41) is 3.26. The second-order valence-electron chi connectivity index (χ2n) is 8.41. The van der Waals surface area contributed by atoms with Crippen LogP contribution in [0.3, 0.4) is 0 Å². The molecule has 0 aliphatic carbocycles. The second kappa shape index (κ2) is 8.13. The van der Waals surface area contributed by atoms with Crippen LogP contribution in [0.4, 0.5) is 4.79 Å². The van der Waals surface area contributed by atoms with Crippen LogP contribution in [0.25, 0.3) is 0 Å². The molecule has 2 aliphatic rings. The van der Waals surface area contributed by atoms with Gasteiger partial charge in [-0.25, -0.2) is 4.79 Å². The standard InChI is InChI=1S/C23H26ClN3O4/c1-14-11-19(15(2)26(14)12-18-5-4-10-31-18)20(28)13-27-21(29)23(3,25-22(27)30)16-6-8-17(24)9-7-16/h6-9,11,18H,4-5,10,12-13H2,1-3H3,(H,25,30). The summed E-state index contributed by atoms with van der Waals surface area (Å²) in [7, 11) is 0. The first-order valence-electron chi connectivity index (χ1n) is 10.4. The molecule has 3 heterocycles. The largest absolute Gasteiger partial charge is 0.376 e. The number of nitrogens with zero attached hydrogens (tertiary/aromatic N) is 2. The minimum atomic E-state index is -1.24. The zero-order chi connectivity index (χ0) is 22.3. The third kappa shape index (κ3) is 3.88.